The van der Waals surface area contributed by atoms with E-state index in [1.165, 1.54) is 17.6 Å². The van der Waals surface area contributed by atoms with Crippen LogP contribution in [0.5, 0.6) is 0 Å². The van der Waals surface area contributed by atoms with Crippen LogP contribution in [0.3, 0.4) is 0 Å². The molecule has 0 bridgehead atoms. The van der Waals surface area contributed by atoms with Gasteiger partial charge in [0.05, 0.1) is 11.1 Å². The molecule has 2 aromatic carbocycles. The molecule has 160 valence electrons. The average Bonchev–Trinajstić information content (AvgIpc) is 3.51. The van der Waals surface area contributed by atoms with Crippen LogP contribution in [-0.2, 0) is 0 Å². The summed E-state index contributed by atoms with van der Waals surface area (Å²) in [6.07, 6.45) is 1.42. The lowest BCUT2D eigenvalue weighted by molar-refractivity contribution is 0.0992. The number of carbonyl (C=O) groups excluding carboxylic acids is 3. The van der Waals surface area contributed by atoms with Gasteiger partial charge in [-0.3, -0.25) is 14.4 Å². The van der Waals surface area contributed by atoms with Crippen molar-refractivity contribution >= 4 is 46.1 Å². The minimum atomic E-state index is -0.393. The second-order valence-electron chi connectivity index (χ2n) is 6.92. The molecule has 3 amide bonds. The number of anilines is 3. The summed E-state index contributed by atoms with van der Waals surface area (Å²) in [5, 5.41) is 10.2. The summed E-state index contributed by atoms with van der Waals surface area (Å²) >= 11 is 1.36. The van der Waals surface area contributed by atoms with E-state index in [9.17, 15) is 14.4 Å². The summed E-state index contributed by atoms with van der Waals surface area (Å²) in [6.45, 7) is 1.84. The number of hydrogen-bond acceptors (Lipinski definition) is 5. The summed E-state index contributed by atoms with van der Waals surface area (Å²) in [6, 6.07) is 18.7. The molecule has 0 radical (unpaired) electrons. The van der Waals surface area contributed by atoms with Gasteiger partial charge >= 0.3 is 0 Å². The van der Waals surface area contributed by atoms with E-state index in [1.54, 1.807) is 60.7 Å². The van der Waals surface area contributed by atoms with Gasteiger partial charge in [0.15, 0.2) is 5.76 Å². The van der Waals surface area contributed by atoms with Gasteiger partial charge in [-0.2, -0.15) is 0 Å². The number of benzene rings is 2. The van der Waals surface area contributed by atoms with Crippen LogP contribution in [0.15, 0.2) is 82.8 Å². The molecule has 32 heavy (non-hydrogen) atoms. The Hall–Kier alpha value is -4.17. The molecule has 3 N–H and O–H groups in total. The lowest BCUT2D eigenvalue weighted by Crippen LogP contribution is -2.15. The van der Waals surface area contributed by atoms with Crippen molar-refractivity contribution in [3.8, 4) is 0 Å². The molecular formula is C24H19N3O4S. The second-order valence-corrected chi connectivity index (χ2v) is 7.87. The van der Waals surface area contributed by atoms with Crippen molar-refractivity contribution in [1.82, 2.24) is 0 Å². The van der Waals surface area contributed by atoms with E-state index >= 15 is 0 Å². The van der Waals surface area contributed by atoms with Crippen molar-refractivity contribution in [3.05, 3.63) is 100 Å². The van der Waals surface area contributed by atoms with Gasteiger partial charge in [-0.15, -0.1) is 11.3 Å². The first-order chi connectivity index (χ1) is 15.5. The van der Waals surface area contributed by atoms with Crippen LogP contribution in [0, 0.1) is 6.92 Å². The van der Waals surface area contributed by atoms with E-state index < -0.39 is 5.91 Å². The average molecular weight is 446 g/mol. The van der Waals surface area contributed by atoms with Gasteiger partial charge in [-0.25, -0.2) is 0 Å². The van der Waals surface area contributed by atoms with Crippen LogP contribution in [-0.4, -0.2) is 17.7 Å². The number of nitrogens with one attached hydrogen (secondary N) is 3. The van der Waals surface area contributed by atoms with E-state index in [0.29, 0.717) is 27.5 Å². The third-order valence-corrected chi connectivity index (χ3v) is 5.51. The number of aryl methyl sites for hydroxylation is 1. The normalized spacial score (nSPS) is 10.4. The fraction of sp³-hybridized carbons (Fsp3) is 0.0417. The Balaban J connectivity index is 1.41. The summed E-state index contributed by atoms with van der Waals surface area (Å²) in [7, 11) is 0. The summed E-state index contributed by atoms with van der Waals surface area (Å²) in [5.74, 6) is -0.712. The van der Waals surface area contributed by atoms with Gasteiger partial charge in [0.2, 0.25) is 0 Å². The molecule has 0 saturated heterocycles. The second kappa shape index (κ2) is 9.32. The van der Waals surface area contributed by atoms with E-state index in [-0.39, 0.29) is 17.6 Å². The first kappa shape index (κ1) is 21.1. The molecule has 0 atom stereocenters. The Labute approximate surface area is 188 Å². The largest absolute Gasteiger partial charge is 0.459 e. The van der Waals surface area contributed by atoms with Crippen molar-refractivity contribution < 1.29 is 18.8 Å². The van der Waals surface area contributed by atoms with E-state index in [0.717, 1.165) is 5.56 Å². The third-order valence-electron chi connectivity index (χ3n) is 4.64. The van der Waals surface area contributed by atoms with Crippen LogP contribution in [0.4, 0.5) is 17.1 Å². The molecule has 0 spiro atoms. The van der Waals surface area contributed by atoms with Gasteiger partial charge in [0, 0.05) is 22.6 Å². The molecule has 0 unspecified atom stereocenters. The first-order valence-electron chi connectivity index (χ1n) is 9.71. The van der Waals surface area contributed by atoms with E-state index in [4.69, 9.17) is 4.42 Å². The fourth-order valence-corrected chi connectivity index (χ4v) is 3.55. The number of rotatable bonds is 6. The smallest absolute Gasteiger partial charge is 0.291 e. The highest BCUT2D eigenvalue weighted by molar-refractivity contribution is 7.12. The highest BCUT2D eigenvalue weighted by atomic mass is 32.1. The van der Waals surface area contributed by atoms with Crippen LogP contribution in [0.25, 0.3) is 0 Å². The topological polar surface area (TPSA) is 100 Å². The van der Waals surface area contributed by atoms with Crippen LogP contribution in [0.2, 0.25) is 0 Å². The van der Waals surface area contributed by atoms with Gasteiger partial charge in [-0.1, -0.05) is 12.1 Å². The Morgan fingerprint density at radius 2 is 1.50 bits per heavy atom. The summed E-state index contributed by atoms with van der Waals surface area (Å²) in [5.41, 5.74) is 2.92. The van der Waals surface area contributed by atoms with Crippen molar-refractivity contribution in [2.75, 3.05) is 16.0 Å². The van der Waals surface area contributed by atoms with Gasteiger partial charge in [-0.05, 0) is 72.5 Å². The Morgan fingerprint density at radius 3 is 2.12 bits per heavy atom. The van der Waals surface area contributed by atoms with Gasteiger partial charge < -0.3 is 20.4 Å². The molecular weight excluding hydrogens is 426 g/mol. The lowest BCUT2D eigenvalue weighted by Gasteiger charge is -2.11. The predicted molar refractivity (Wildman–Crippen MR) is 125 cm³/mol. The van der Waals surface area contributed by atoms with Crippen molar-refractivity contribution in [2.45, 2.75) is 6.92 Å². The number of thiophene rings is 1. The first-order valence-corrected chi connectivity index (χ1v) is 10.6. The molecule has 0 aliphatic rings. The van der Waals surface area contributed by atoms with E-state index in [1.807, 2.05) is 18.4 Å². The number of furan rings is 1. The van der Waals surface area contributed by atoms with Crippen LogP contribution >= 0.6 is 11.3 Å². The molecule has 0 aliphatic heterocycles. The Kier molecular flexibility index (Phi) is 6.14. The number of hydrogen-bond donors (Lipinski definition) is 3. The zero-order valence-electron chi connectivity index (χ0n) is 17.0. The Bertz CT molecular complexity index is 1250. The molecule has 0 saturated carbocycles. The highest BCUT2D eigenvalue weighted by Crippen LogP contribution is 2.21. The van der Waals surface area contributed by atoms with E-state index in [2.05, 4.69) is 16.0 Å². The molecule has 4 aromatic rings. The van der Waals surface area contributed by atoms with Crippen molar-refractivity contribution in [3.63, 3.8) is 0 Å². The SMILES string of the molecule is Cc1ccc(C(=O)Nc2ccc(NC(=O)c3cccs3)cc2)cc1NC(=O)c1ccco1. The Morgan fingerprint density at radius 1 is 0.781 bits per heavy atom. The minimum absolute atomic E-state index is 0.180. The monoisotopic (exact) mass is 445 g/mol. The number of carbonyl (C=O) groups is 3. The van der Waals surface area contributed by atoms with Gasteiger partial charge in [0.1, 0.15) is 0 Å². The zero-order chi connectivity index (χ0) is 22.5. The maximum Gasteiger partial charge on any atom is 0.291 e. The lowest BCUT2D eigenvalue weighted by atomic mass is 10.1. The maximum atomic E-state index is 12.7. The molecule has 2 heterocycles. The molecule has 7 nitrogen and oxygen atoms in total. The van der Waals surface area contributed by atoms with Crippen molar-refractivity contribution in [1.29, 1.82) is 0 Å². The third kappa shape index (κ3) is 4.93. The van der Waals surface area contributed by atoms with Crippen LogP contribution < -0.4 is 16.0 Å². The van der Waals surface area contributed by atoms with Crippen LogP contribution in [0.1, 0.15) is 36.1 Å². The summed E-state index contributed by atoms with van der Waals surface area (Å²) < 4.78 is 5.10. The molecule has 0 aliphatic carbocycles. The fourth-order valence-electron chi connectivity index (χ4n) is 2.93. The minimum Gasteiger partial charge on any atom is -0.459 e. The maximum absolute atomic E-state index is 12.7. The summed E-state index contributed by atoms with van der Waals surface area (Å²) in [4.78, 5) is 37.7. The van der Waals surface area contributed by atoms with Gasteiger partial charge in [0.25, 0.3) is 17.7 Å². The number of amides is 3. The molecule has 2 aromatic heterocycles. The predicted octanol–water partition coefficient (Wildman–Crippen LogP) is 5.41. The standard InChI is InChI=1S/C24H19N3O4S/c1-15-6-7-16(14-19(15)27-23(29)20-4-2-12-31-20)22(28)25-17-8-10-18(11-9-17)26-24(30)21-5-3-13-32-21/h2-14H,1H3,(H,25,28)(H,26,30)(H,27,29). The quantitative estimate of drug-likeness (QED) is 0.370. The zero-order valence-corrected chi connectivity index (χ0v) is 17.9. The molecule has 4 rings (SSSR count). The molecule has 0 fully saturated rings. The van der Waals surface area contributed by atoms with Crippen molar-refractivity contribution in [2.24, 2.45) is 0 Å². The molecule has 8 heteroatoms. The highest BCUT2D eigenvalue weighted by Gasteiger charge is 2.13.